The summed E-state index contributed by atoms with van der Waals surface area (Å²) in [4.78, 5) is 1.85. The van der Waals surface area contributed by atoms with Crippen LogP contribution in [0, 0.1) is 0 Å². The van der Waals surface area contributed by atoms with Crippen LogP contribution in [0.2, 0.25) is 0 Å². The van der Waals surface area contributed by atoms with Crippen LogP contribution in [0.4, 0.5) is 0 Å². The third kappa shape index (κ3) is 1.74. The Morgan fingerprint density at radius 3 is 3.14 bits per heavy atom. The Hall–Kier alpha value is 0.0300. The predicted molar refractivity (Wildman–Crippen MR) is 71.3 cm³/mol. The molecule has 0 aliphatic carbocycles. The SMILES string of the molecule is CSC(=S)C1=C(O)c2sccc2CS1. The fraction of sp³-hybridized carbons (Fsp3) is 0.222. The first-order valence-electron chi connectivity index (χ1n) is 3.95. The highest BCUT2D eigenvalue weighted by Crippen LogP contribution is 2.41. The van der Waals surface area contributed by atoms with E-state index in [1.807, 2.05) is 11.6 Å². The molecule has 0 spiro atoms. The predicted octanol–water partition coefficient (Wildman–Crippen LogP) is 3.91. The average molecular weight is 260 g/mol. The van der Waals surface area contributed by atoms with E-state index in [4.69, 9.17) is 12.2 Å². The molecule has 0 saturated carbocycles. The zero-order valence-electron chi connectivity index (χ0n) is 7.44. The van der Waals surface area contributed by atoms with E-state index in [0.29, 0.717) is 5.76 Å². The van der Waals surface area contributed by atoms with Gasteiger partial charge in [-0.05, 0) is 23.3 Å². The monoisotopic (exact) mass is 260 g/mol. The third-order valence-corrected chi connectivity index (χ3v) is 5.56. The van der Waals surface area contributed by atoms with Gasteiger partial charge in [0.15, 0.2) is 0 Å². The van der Waals surface area contributed by atoms with E-state index >= 15 is 0 Å². The smallest absolute Gasteiger partial charge is 0.148 e. The van der Waals surface area contributed by atoms with Gasteiger partial charge in [0.05, 0.1) is 14.0 Å². The molecule has 74 valence electrons. The van der Waals surface area contributed by atoms with Gasteiger partial charge in [0.2, 0.25) is 0 Å². The highest BCUT2D eigenvalue weighted by Gasteiger charge is 2.22. The zero-order valence-corrected chi connectivity index (χ0v) is 10.7. The van der Waals surface area contributed by atoms with E-state index < -0.39 is 0 Å². The van der Waals surface area contributed by atoms with Crippen LogP contribution < -0.4 is 0 Å². The molecule has 0 fully saturated rings. The molecule has 0 atom stereocenters. The van der Waals surface area contributed by atoms with Gasteiger partial charge < -0.3 is 5.11 Å². The lowest BCUT2D eigenvalue weighted by atomic mass is 10.2. The minimum atomic E-state index is 0.366. The van der Waals surface area contributed by atoms with Crippen molar-refractivity contribution in [3.8, 4) is 0 Å². The molecule has 2 rings (SSSR count). The van der Waals surface area contributed by atoms with Crippen LogP contribution in [0.1, 0.15) is 10.4 Å². The first kappa shape index (κ1) is 10.5. The first-order valence-corrected chi connectivity index (χ1v) is 7.45. The van der Waals surface area contributed by atoms with Crippen molar-refractivity contribution in [2.24, 2.45) is 0 Å². The van der Waals surface area contributed by atoms with E-state index in [9.17, 15) is 5.11 Å². The van der Waals surface area contributed by atoms with Crippen LogP contribution in [-0.4, -0.2) is 15.6 Å². The van der Waals surface area contributed by atoms with Crippen LogP contribution in [0.3, 0.4) is 0 Å². The number of hydrogen-bond acceptors (Lipinski definition) is 5. The molecular formula is C9H8OS4. The Labute approximate surface area is 101 Å². The van der Waals surface area contributed by atoms with Gasteiger partial charge in [-0.25, -0.2) is 0 Å². The molecule has 1 aliphatic rings. The Morgan fingerprint density at radius 1 is 1.64 bits per heavy atom. The van der Waals surface area contributed by atoms with Crippen LogP contribution in [-0.2, 0) is 5.75 Å². The summed E-state index contributed by atoms with van der Waals surface area (Å²) in [6.45, 7) is 0. The summed E-state index contributed by atoms with van der Waals surface area (Å²) in [5.41, 5.74) is 1.21. The number of fused-ring (bicyclic) bond motifs is 1. The summed E-state index contributed by atoms with van der Waals surface area (Å²) in [5, 5.41) is 12.0. The molecule has 14 heavy (non-hydrogen) atoms. The van der Waals surface area contributed by atoms with Gasteiger partial charge >= 0.3 is 0 Å². The van der Waals surface area contributed by atoms with E-state index in [1.54, 1.807) is 23.1 Å². The summed E-state index contributed by atoms with van der Waals surface area (Å²) >= 11 is 9.89. The number of aliphatic hydroxyl groups excluding tert-OH is 1. The topological polar surface area (TPSA) is 20.2 Å². The van der Waals surface area contributed by atoms with Crippen molar-refractivity contribution in [2.75, 3.05) is 6.26 Å². The molecular weight excluding hydrogens is 252 g/mol. The molecule has 1 aromatic rings. The molecule has 0 unspecified atom stereocenters. The lowest BCUT2D eigenvalue weighted by molar-refractivity contribution is 0.513. The molecule has 1 nitrogen and oxygen atoms in total. The summed E-state index contributed by atoms with van der Waals surface area (Å²) in [6, 6.07) is 2.06. The molecule has 1 N–H and O–H groups in total. The van der Waals surface area contributed by atoms with Crippen LogP contribution >= 0.6 is 47.1 Å². The van der Waals surface area contributed by atoms with Crippen LogP contribution in [0.5, 0.6) is 0 Å². The maximum atomic E-state index is 9.98. The fourth-order valence-corrected chi connectivity index (χ4v) is 4.14. The summed E-state index contributed by atoms with van der Waals surface area (Å²) in [7, 11) is 0. The Morgan fingerprint density at radius 2 is 2.43 bits per heavy atom. The lowest BCUT2D eigenvalue weighted by Gasteiger charge is -2.15. The van der Waals surface area contributed by atoms with Gasteiger partial charge in [-0.2, -0.15) is 0 Å². The summed E-state index contributed by atoms with van der Waals surface area (Å²) < 4.78 is 0.784. The zero-order chi connectivity index (χ0) is 10.1. The molecule has 0 aromatic carbocycles. The van der Waals surface area contributed by atoms with Crippen molar-refractivity contribution in [2.45, 2.75) is 5.75 Å². The van der Waals surface area contributed by atoms with Gasteiger partial charge in [0.25, 0.3) is 0 Å². The standard InChI is InChI=1S/C9H8OS4/c1-12-9(11)8-6(10)7-5(4-14-8)2-3-13-7/h2-3,10H,4H2,1H3. The minimum absolute atomic E-state index is 0.366. The fourth-order valence-electron chi connectivity index (χ4n) is 1.23. The number of hydrogen-bond donors (Lipinski definition) is 1. The second-order valence-electron chi connectivity index (χ2n) is 2.73. The van der Waals surface area contributed by atoms with Crippen LogP contribution in [0.25, 0.3) is 5.76 Å². The maximum absolute atomic E-state index is 9.98. The van der Waals surface area contributed by atoms with Gasteiger partial charge in [-0.1, -0.05) is 12.2 Å². The lowest BCUT2D eigenvalue weighted by Crippen LogP contribution is -2.01. The number of thiocarbonyl (C=S) groups is 1. The molecule has 5 heteroatoms. The molecule has 1 aromatic heterocycles. The Kier molecular flexibility index (Phi) is 3.21. The quantitative estimate of drug-likeness (QED) is 0.772. The highest BCUT2D eigenvalue weighted by molar-refractivity contribution is 8.25. The summed E-state index contributed by atoms with van der Waals surface area (Å²) in [5.74, 6) is 1.28. The maximum Gasteiger partial charge on any atom is 0.148 e. The first-order chi connectivity index (χ1) is 6.74. The van der Waals surface area contributed by atoms with E-state index in [1.165, 1.54) is 17.3 Å². The van der Waals surface area contributed by atoms with Crippen molar-refractivity contribution < 1.29 is 5.11 Å². The van der Waals surface area contributed by atoms with Crippen molar-refractivity contribution in [1.29, 1.82) is 0 Å². The normalized spacial score (nSPS) is 15.5. The molecule has 0 bridgehead atoms. The van der Waals surface area contributed by atoms with Gasteiger partial charge in [0.1, 0.15) is 5.76 Å². The van der Waals surface area contributed by atoms with Gasteiger partial charge in [0, 0.05) is 5.75 Å². The number of aliphatic hydroxyl groups is 1. The second-order valence-corrected chi connectivity index (χ2v) is 6.12. The molecule has 1 aliphatic heterocycles. The molecule has 0 saturated heterocycles. The second kappa shape index (κ2) is 4.26. The largest absolute Gasteiger partial charge is 0.505 e. The van der Waals surface area contributed by atoms with E-state index in [-0.39, 0.29) is 0 Å². The van der Waals surface area contributed by atoms with Crippen molar-refractivity contribution in [3.05, 3.63) is 26.8 Å². The van der Waals surface area contributed by atoms with Crippen molar-refractivity contribution >= 4 is 57.0 Å². The third-order valence-electron chi connectivity index (χ3n) is 1.92. The molecule has 2 heterocycles. The minimum Gasteiger partial charge on any atom is -0.505 e. The van der Waals surface area contributed by atoms with E-state index in [2.05, 4.69) is 6.07 Å². The Balaban J connectivity index is 2.45. The van der Waals surface area contributed by atoms with E-state index in [0.717, 1.165) is 19.7 Å². The van der Waals surface area contributed by atoms with Gasteiger partial charge in [-0.15, -0.1) is 34.9 Å². The Bertz CT molecular complexity index is 405. The average Bonchev–Trinajstić information content (AvgIpc) is 2.66. The molecule has 0 amide bonds. The van der Waals surface area contributed by atoms with Crippen molar-refractivity contribution in [1.82, 2.24) is 0 Å². The number of rotatable bonds is 1. The van der Waals surface area contributed by atoms with Gasteiger partial charge in [-0.3, -0.25) is 0 Å². The number of thiophene rings is 1. The summed E-state index contributed by atoms with van der Waals surface area (Å²) in [6.07, 6.45) is 1.94. The van der Waals surface area contributed by atoms with Crippen LogP contribution in [0.15, 0.2) is 16.4 Å². The number of thioether (sulfide) groups is 2. The molecule has 0 radical (unpaired) electrons. The van der Waals surface area contributed by atoms with Crippen molar-refractivity contribution in [3.63, 3.8) is 0 Å². The highest BCUT2D eigenvalue weighted by atomic mass is 32.2.